The number of fused-ring (bicyclic) bond motifs is 1. The third-order valence-corrected chi connectivity index (χ3v) is 4.61. The van der Waals surface area contributed by atoms with E-state index in [0.717, 1.165) is 5.56 Å². The minimum atomic E-state index is -2.81. The first-order valence-corrected chi connectivity index (χ1v) is 7.56. The summed E-state index contributed by atoms with van der Waals surface area (Å²) in [5, 5.41) is 9.74. The van der Waals surface area contributed by atoms with Crippen molar-refractivity contribution in [1.29, 1.82) is 0 Å². The van der Waals surface area contributed by atoms with E-state index in [1.165, 1.54) is 9.80 Å². The Bertz CT molecular complexity index is 628. The summed E-state index contributed by atoms with van der Waals surface area (Å²) in [6.07, 6.45) is -3.11. The van der Waals surface area contributed by atoms with Crippen molar-refractivity contribution in [3.63, 3.8) is 0 Å². The highest BCUT2D eigenvalue weighted by atomic mass is 19.3. The normalized spacial score (nSPS) is 20.1. The Labute approximate surface area is 132 Å². The molecule has 2 heterocycles. The van der Waals surface area contributed by atoms with E-state index < -0.39 is 12.0 Å². The molecule has 7 heteroatoms. The highest BCUT2D eigenvalue weighted by Gasteiger charge is 2.42. The predicted molar refractivity (Wildman–Crippen MR) is 78.0 cm³/mol. The molecule has 1 aromatic rings. The van der Waals surface area contributed by atoms with Crippen LogP contribution in [0.1, 0.15) is 28.8 Å². The van der Waals surface area contributed by atoms with Crippen LogP contribution in [-0.4, -0.2) is 58.4 Å². The van der Waals surface area contributed by atoms with Gasteiger partial charge in [0.05, 0.1) is 0 Å². The summed E-state index contributed by atoms with van der Waals surface area (Å²) in [6.45, 7) is 0.472. The van der Waals surface area contributed by atoms with Gasteiger partial charge in [-0.15, -0.1) is 0 Å². The zero-order valence-electron chi connectivity index (χ0n) is 12.5. The van der Waals surface area contributed by atoms with Crippen molar-refractivity contribution >= 4 is 11.8 Å². The van der Waals surface area contributed by atoms with Gasteiger partial charge in [0.15, 0.2) is 0 Å². The SMILES string of the molecule is O=C(CN1Cc2ccccc2C1=O)N1CCC(O)(C(F)F)CC1. The van der Waals surface area contributed by atoms with Gasteiger partial charge in [0.1, 0.15) is 12.1 Å². The maximum Gasteiger partial charge on any atom is 0.266 e. The number of halogens is 2. The van der Waals surface area contributed by atoms with E-state index >= 15 is 0 Å². The molecule has 0 atom stereocenters. The summed E-state index contributed by atoms with van der Waals surface area (Å²) in [5.74, 6) is -0.461. The van der Waals surface area contributed by atoms with E-state index in [4.69, 9.17) is 0 Å². The lowest BCUT2D eigenvalue weighted by Crippen LogP contribution is -2.52. The average molecular weight is 324 g/mol. The molecule has 0 unspecified atom stereocenters. The van der Waals surface area contributed by atoms with Crippen LogP contribution < -0.4 is 0 Å². The second kappa shape index (κ2) is 5.88. The summed E-state index contributed by atoms with van der Waals surface area (Å²) in [5.41, 5.74) is -0.515. The monoisotopic (exact) mass is 324 g/mol. The zero-order chi connectivity index (χ0) is 16.6. The van der Waals surface area contributed by atoms with Crippen LogP contribution in [0.3, 0.4) is 0 Å². The molecule has 0 spiro atoms. The Morgan fingerprint density at radius 1 is 1.26 bits per heavy atom. The molecule has 23 heavy (non-hydrogen) atoms. The topological polar surface area (TPSA) is 60.9 Å². The fourth-order valence-corrected chi connectivity index (χ4v) is 3.07. The highest BCUT2D eigenvalue weighted by molar-refractivity contribution is 6.00. The van der Waals surface area contributed by atoms with E-state index in [0.29, 0.717) is 12.1 Å². The van der Waals surface area contributed by atoms with Crippen molar-refractivity contribution in [2.75, 3.05) is 19.6 Å². The standard InChI is InChI=1S/C16H18F2N2O3/c17-15(18)16(23)5-7-19(8-6-16)13(21)10-20-9-11-3-1-2-4-12(11)14(20)22/h1-4,15,23H,5-10H2. The number of piperidine rings is 1. The van der Waals surface area contributed by atoms with Crippen LogP contribution >= 0.6 is 0 Å². The van der Waals surface area contributed by atoms with Gasteiger partial charge in [0.2, 0.25) is 5.91 Å². The van der Waals surface area contributed by atoms with Crippen LogP contribution in [-0.2, 0) is 11.3 Å². The molecular weight excluding hydrogens is 306 g/mol. The van der Waals surface area contributed by atoms with E-state index in [9.17, 15) is 23.5 Å². The molecule has 2 aliphatic rings. The maximum atomic E-state index is 12.8. The number of carbonyl (C=O) groups is 2. The summed E-state index contributed by atoms with van der Waals surface area (Å²) in [6, 6.07) is 7.19. The zero-order valence-corrected chi connectivity index (χ0v) is 12.5. The fourth-order valence-electron chi connectivity index (χ4n) is 3.07. The van der Waals surface area contributed by atoms with Gasteiger partial charge in [0, 0.05) is 25.2 Å². The number of hydrogen-bond donors (Lipinski definition) is 1. The second-order valence-electron chi connectivity index (χ2n) is 6.10. The molecule has 0 bridgehead atoms. The first-order chi connectivity index (χ1) is 10.9. The number of nitrogens with zero attached hydrogens (tertiary/aromatic N) is 2. The third kappa shape index (κ3) is 2.93. The van der Waals surface area contributed by atoms with Crippen molar-refractivity contribution in [2.24, 2.45) is 0 Å². The molecule has 124 valence electrons. The van der Waals surface area contributed by atoms with Crippen LogP contribution in [0, 0.1) is 0 Å². The van der Waals surface area contributed by atoms with Crippen LogP contribution in [0.5, 0.6) is 0 Å². The number of rotatable bonds is 3. The first-order valence-electron chi connectivity index (χ1n) is 7.56. The van der Waals surface area contributed by atoms with Crippen molar-refractivity contribution in [3.8, 4) is 0 Å². The lowest BCUT2D eigenvalue weighted by atomic mass is 9.92. The number of aliphatic hydroxyl groups is 1. The molecule has 1 fully saturated rings. The minimum absolute atomic E-state index is 0.0688. The van der Waals surface area contributed by atoms with Gasteiger partial charge < -0.3 is 14.9 Å². The molecule has 0 saturated carbocycles. The molecule has 2 aliphatic heterocycles. The molecular formula is C16H18F2N2O3. The van der Waals surface area contributed by atoms with Gasteiger partial charge in [-0.1, -0.05) is 18.2 Å². The smallest absolute Gasteiger partial charge is 0.266 e. The summed E-state index contributed by atoms with van der Waals surface area (Å²) in [7, 11) is 0. The fraction of sp³-hybridized carbons (Fsp3) is 0.500. The van der Waals surface area contributed by atoms with Crippen molar-refractivity contribution in [2.45, 2.75) is 31.4 Å². The number of benzene rings is 1. The Morgan fingerprint density at radius 2 is 1.91 bits per heavy atom. The van der Waals surface area contributed by atoms with E-state index in [1.54, 1.807) is 12.1 Å². The Morgan fingerprint density at radius 3 is 2.52 bits per heavy atom. The quantitative estimate of drug-likeness (QED) is 0.911. The molecule has 0 radical (unpaired) electrons. The number of alkyl halides is 2. The predicted octanol–water partition coefficient (Wildman–Crippen LogP) is 1.26. The van der Waals surface area contributed by atoms with Crippen molar-refractivity contribution in [3.05, 3.63) is 35.4 Å². The van der Waals surface area contributed by atoms with E-state index in [2.05, 4.69) is 0 Å². The Hall–Kier alpha value is -2.02. The molecule has 1 N–H and O–H groups in total. The number of hydrogen-bond acceptors (Lipinski definition) is 3. The van der Waals surface area contributed by atoms with Crippen LogP contribution in [0.25, 0.3) is 0 Å². The molecule has 0 aliphatic carbocycles. The Kier molecular flexibility index (Phi) is 4.06. The summed E-state index contributed by atoms with van der Waals surface area (Å²) < 4.78 is 25.5. The van der Waals surface area contributed by atoms with Crippen LogP contribution in [0.2, 0.25) is 0 Å². The molecule has 2 amide bonds. The maximum absolute atomic E-state index is 12.8. The second-order valence-corrected chi connectivity index (χ2v) is 6.10. The van der Waals surface area contributed by atoms with E-state index in [1.807, 2.05) is 12.1 Å². The third-order valence-electron chi connectivity index (χ3n) is 4.61. The van der Waals surface area contributed by atoms with Gasteiger partial charge in [0.25, 0.3) is 12.3 Å². The lowest BCUT2D eigenvalue weighted by Gasteiger charge is -2.38. The number of carbonyl (C=O) groups excluding carboxylic acids is 2. The largest absolute Gasteiger partial charge is 0.384 e. The minimum Gasteiger partial charge on any atom is -0.384 e. The average Bonchev–Trinajstić information content (AvgIpc) is 2.84. The van der Waals surface area contributed by atoms with Gasteiger partial charge in [-0.2, -0.15) is 0 Å². The molecule has 5 nitrogen and oxygen atoms in total. The molecule has 1 saturated heterocycles. The number of likely N-dealkylation sites (tertiary alicyclic amines) is 1. The van der Waals surface area contributed by atoms with Crippen LogP contribution in [0.15, 0.2) is 24.3 Å². The van der Waals surface area contributed by atoms with Crippen LogP contribution in [0.4, 0.5) is 8.78 Å². The molecule has 1 aromatic carbocycles. The van der Waals surface area contributed by atoms with Gasteiger partial charge in [-0.25, -0.2) is 8.78 Å². The van der Waals surface area contributed by atoms with Crippen molar-refractivity contribution in [1.82, 2.24) is 9.80 Å². The highest BCUT2D eigenvalue weighted by Crippen LogP contribution is 2.29. The molecule has 3 rings (SSSR count). The van der Waals surface area contributed by atoms with E-state index in [-0.39, 0.29) is 44.3 Å². The van der Waals surface area contributed by atoms with Gasteiger partial charge >= 0.3 is 0 Å². The summed E-state index contributed by atoms with van der Waals surface area (Å²) >= 11 is 0. The lowest BCUT2D eigenvalue weighted by molar-refractivity contribution is -0.148. The number of amides is 2. The van der Waals surface area contributed by atoms with Gasteiger partial charge in [-0.3, -0.25) is 9.59 Å². The van der Waals surface area contributed by atoms with Gasteiger partial charge in [-0.05, 0) is 24.5 Å². The molecule has 0 aromatic heterocycles. The van der Waals surface area contributed by atoms with Crippen molar-refractivity contribution < 1.29 is 23.5 Å². The Balaban J connectivity index is 1.58. The summed E-state index contributed by atoms with van der Waals surface area (Å²) in [4.78, 5) is 27.4. The first kappa shape index (κ1) is 15.9.